The molecule has 6 heteroatoms. The van der Waals surface area contributed by atoms with Gasteiger partial charge in [-0.25, -0.2) is 0 Å². The van der Waals surface area contributed by atoms with Gasteiger partial charge in [0, 0.05) is 19.3 Å². The molecule has 0 saturated carbocycles. The number of hydrogen-bond donors (Lipinski definition) is 0. The highest BCUT2D eigenvalue weighted by atomic mass is 16.6. The summed E-state index contributed by atoms with van der Waals surface area (Å²) in [5.74, 6) is 0.810. The van der Waals surface area contributed by atoms with E-state index in [4.69, 9.17) is 14.2 Å². The van der Waals surface area contributed by atoms with Crippen molar-refractivity contribution in [3.8, 4) is 0 Å². The fourth-order valence-corrected chi connectivity index (χ4v) is 9.05. The first kappa shape index (κ1) is 63.4. The van der Waals surface area contributed by atoms with Crippen LogP contribution in [0.5, 0.6) is 0 Å². The van der Waals surface area contributed by atoms with Crippen molar-refractivity contribution in [1.82, 2.24) is 0 Å². The van der Waals surface area contributed by atoms with Gasteiger partial charge in [0.2, 0.25) is 0 Å². The standard InChI is InChI=1S/C59H114O6/c1-6-7-8-9-10-11-12-13-14-15-16-17-18-19-23-29-34-39-44-49-57(60)63-52-56(53-64-58(61)50-45-40-35-30-26-25-28-33-38-43-48-55(4)5)65-59(62)51-46-41-36-31-24-21-20-22-27-32-37-42-47-54(2)3/h54-56H,6-53H2,1-5H3/t56-/m1/s1. The molecule has 0 spiro atoms. The van der Waals surface area contributed by atoms with Crippen LogP contribution in [0.4, 0.5) is 0 Å². The maximum absolute atomic E-state index is 12.8. The highest BCUT2D eigenvalue weighted by Gasteiger charge is 2.19. The van der Waals surface area contributed by atoms with Crippen LogP contribution in [0.2, 0.25) is 0 Å². The number of carbonyl (C=O) groups excluding carboxylic acids is 3. The van der Waals surface area contributed by atoms with E-state index >= 15 is 0 Å². The molecule has 0 unspecified atom stereocenters. The summed E-state index contributed by atoms with van der Waals surface area (Å²) in [4.78, 5) is 38.1. The average Bonchev–Trinajstić information content (AvgIpc) is 3.28. The Morgan fingerprint density at radius 2 is 0.508 bits per heavy atom. The van der Waals surface area contributed by atoms with E-state index in [9.17, 15) is 14.4 Å². The van der Waals surface area contributed by atoms with Gasteiger partial charge in [-0.05, 0) is 31.1 Å². The molecule has 0 aromatic rings. The van der Waals surface area contributed by atoms with Gasteiger partial charge in [0.25, 0.3) is 0 Å². The SMILES string of the molecule is CCCCCCCCCCCCCCCCCCCCCC(=O)OC[C@H](COC(=O)CCCCCCCCCCCCC(C)C)OC(=O)CCCCCCCCCCCCCCC(C)C. The second-order valence-corrected chi connectivity index (χ2v) is 21.2. The Morgan fingerprint density at radius 1 is 0.292 bits per heavy atom. The molecule has 0 aliphatic rings. The molecule has 0 aromatic carbocycles. The van der Waals surface area contributed by atoms with Gasteiger partial charge < -0.3 is 14.2 Å². The van der Waals surface area contributed by atoms with Crippen LogP contribution in [-0.4, -0.2) is 37.2 Å². The van der Waals surface area contributed by atoms with Crippen molar-refractivity contribution in [2.75, 3.05) is 13.2 Å². The van der Waals surface area contributed by atoms with E-state index in [0.717, 1.165) is 69.6 Å². The zero-order valence-corrected chi connectivity index (χ0v) is 44.6. The molecule has 0 heterocycles. The first-order valence-corrected chi connectivity index (χ1v) is 29.2. The molecular weight excluding hydrogens is 805 g/mol. The molecule has 0 rings (SSSR count). The first-order chi connectivity index (χ1) is 31.7. The minimum atomic E-state index is -0.763. The van der Waals surface area contributed by atoms with Crippen molar-refractivity contribution in [2.24, 2.45) is 11.8 Å². The van der Waals surface area contributed by atoms with Crippen LogP contribution in [0.3, 0.4) is 0 Å². The molecule has 0 bridgehead atoms. The summed E-state index contributed by atoms with van der Waals surface area (Å²) in [5.41, 5.74) is 0. The van der Waals surface area contributed by atoms with Crippen molar-refractivity contribution >= 4 is 17.9 Å². The minimum Gasteiger partial charge on any atom is -0.462 e. The quantitative estimate of drug-likeness (QED) is 0.0344. The van der Waals surface area contributed by atoms with Gasteiger partial charge in [-0.15, -0.1) is 0 Å². The normalized spacial score (nSPS) is 12.0. The number of esters is 3. The molecule has 1 atom stereocenters. The summed E-state index contributed by atoms with van der Waals surface area (Å²) in [6.07, 6.45) is 55.3. The van der Waals surface area contributed by atoms with Crippen LogP contribution in [0, 0.1) is 11.8 Å². The highest BCUT2D eigenvalue weighted by molar-refractivity contribution is 5.71. The predicted molar refractivity (Wildman–Crippen MR) is 280 cm³/mol. The maximum Gasteiger partial charge on any atom is 0.306 e. The van der Waals surface area contributed by atoms with E-state index in [1.54, 1.807) is 0 Å². The molecule has 6 nitrogen and oxygen atoms in total. The van der Waals surface area contributed by atoms with E-state index in [-0.39, 0.29) is 31.1 Å². The smallest absolute Gasteiger partial charge is 0.306 e. The van der Waals surface area contributed by atoms with Crippen LogP contribution in [0.15, 0.2) is 0 Å². The molecule has 0 amide bonds. The number of hydrogen-bond acceptors (Lipinski definition) is 6. The van der Waals surface area contributed by atoms with Gasteiger partial charge in [-0.2, -0.15) is 0 Å². The zero-order chi connectivity index (χ0) is 47.5. The van der Waals surface area contributed by atoms with Gasteiger partial charge >= 0.3 is 17.9 Å². The van der Waals surface area contributed by atoms with E-state index in [0.29, 0.717) is 19.3 Å². The molecule has 0 radical (unpaired) electrons. The van der Waals surface area contributed by atoms with Gasteiger partial charge in [-0.1, -0.05) is 291 Å². The van der Waals surface area contributed by atoms with Crippen molar-refractivity contribution in [2.45, 2.75) is 336 Å². The monoisotopic (exact) mass is 919 g/mol. The Hall–Kier alpha value is -1.59. The molecule has 0 aliphatic heterocycles. The fourth-order valence-electron chi connectivity index (χ4n) is 9.05. The number of ether oxygens (including phenoxy) is 3. The van der Waals surface area contributed by atoms with Crippen molar-refractivity contribution < 1.29 is 28.6 Å². The molecule has 386 valence electrons. The van der Waals surface area contributed by atoms with Gasteiger partial charge in [0.05, 0.1) is 0 Å². The number of rotatable bonds is 53. The van der Waals surface area contributed by atoms with Gasteiger partial charge in [0.15, 0.2) is 6.10 Å². The summed E-state index contributed by atoms with van der Waals surface area (Å²) in [6.45, 7) is 11.4. The summed E-state index contributed by atoms with van der Waals surface area (Å²) in [5, 5.41) is 0. The van der Waals surface area contributed by atoms with Crippen LogP contribution >= 0.6 is 0 Å². The lowest BCUT2D eigenvalue weighted by atomic mass is 10.0. The molecule has 0 aliphatic carbocycles. The van der Waals surface area contributed by atoms with Crippen LogP contribution in [0.25, 0.3) is 0 Å². The largest absolute Gasteiger partial charge is 0.462 e. The van der Waals surface area contributed by atoms with E-state index in [2.05, 4.69) is 34.6 Å². The predicted octanol–water partition coefficient (Wildman–Crippen LogP) is 19.3. The summed E-state index contributed by atoms with van der Waals surface area (Å²) in [6, 6.07) is 0. The summed E-state index contributed by atoms with van der Waals surface area (Å²) in [7, 11) is 0. The lowest BCUT2D eigenvalue weighted by Gasteiger charge is -2.18. The van der Waals surface area contributed by atoms with Gasteiger partial charge in [-0.3, -0.25) is 14.4 Å². The first-order valence-electron chi connectivity index (χ1n) is 29.2. The maximum atomic E-state index is 12.8. The third-order valence-electron chi connectivity index (χ3n) is 13.5. The second-order valence-electron chi connectivity index (χ2n) is 21.2. The Morgan fingerprint density at radius 3 is 0.754 bits per heavy atom. The van der Waals surface area contributed by atoms with Crippen molar-refractivity contribution in [3.63, 3.8) is 0 Å². The van der Waals surface area contributed by atoms with E-state index in [1.807, 2.05) is 0 Å². The third-order valence-corrected chi connectivity index (χ3v) is 13.5. The Labute approximate surface area is 406 Å². The highest BCUT2D eigenvalue weighted by Crippen LogP contribution is 2.18. The molecule has 0 N–H and O–H groups in total. The number of unbranched alkanes of at least 4 members (excludes halogenated alkanes) is 38. The van der Waals surface area contributed by atoms with Crippen LogP contribution < -0.4 is 0 Å². The molecule has 65 heavy (non-hydrogen) atoms. The third kappa shape index (κ3) is 53.2. The summed E-state index contributed by atoms with van der Waals surface area (Å²) >= 11 is 0. The number of carbonyl (C=O) groups is 3. The second kappa shape index (κ2) is 51.8. The Kier molecular flexibility index (Phi) is 50.5. The summed E-state index contributed by atoms with van der Waals surface area (Å²) < 4.78 is 16.9. The van der Waals surface area contributed by atoms with Crippen LogP contribution in [0.1, 0.15) is 330 Å². The fraction of sp³-hybridized carbons (Fsp3) is 0.949. The van der Waals surface area contributed by atoms with Gasteiger partial charge in [0.1, 0.15) is 13.2 Å². The minimum absolute atomic E-state index is 0.0628. The molecule has 0 saturated heterocycles. The van der Waals surface area contributed by atoms with E-state index in [1.165, 1.54) is 218 Å². The topological polar surface area (TPSA) is 78.9 Å². The van der Waals surface area contributed by atoms with Crippen molar-refractivity contribution in [3.05, 3.63) is 0 Å². The molecular formula is C59H114O6. The average molecular weight is 920 g/mol. The molecule has 0 fully saturated rings. The zero-order valence-electron chi connectivity index (χ0n) is 44.6. The Bertz CT molecular complexity index is 993. The lowest BCUT2D eigenvalue weighted by molar-refractivity contribution is -0.167. The van der Waals surface area contributed by atoms with Crippen molar-refractivity contribution in [1.29, 1.82) is 0 Å². The molecule has 0 aromatic heterocycles. The van der Waals surface area contributed by atoms with E-state index < -0.39 is 6.10 Å². The lowest BCUT2D eigenvalue weighted by Crippen LogP contribution is -2.30. The Balaban J connectivity index is 4.27. The van der Waals surface area contributed by atoms with Crippen LogP contribution in [-0.2, 0) is 28.6 Å².